The van der Waals surface area contributed by atoms with E-state index in [4.69, 9.17) is 16.3 Å². The third-order valence-corrected chi connectivity index (χ3v) is 3.29. The molecule has 91 valence electrons. The Hall–Kier alpha value is -1.71. The van der Waals surface area contributed by atoms with Crippen molar-refractivity contribution >= 4 is 17.3 Å². The first-order valence-corrected chi connectivity index (χ1v) is 6.07. The monoisotopic (exact) mass is 260 g/mol. The first kappa shape index (κ1) is 11.4. The van der Waals surface area contributed by atoms with Gasteiger partial charge in [-0.3, -0.25) is 0 Å². The Kier molecular flexibility index (Phi) is 2.86. The molecular weight excluding hydrogens is 250 g/mol. The quantitative estimate of drug-likeness (QED) is 0.784. The molecule has 3 rings (SSSR count). The number of hydrogen-bond donors (Lipinski definition) is 0. The second kappa shape index (κ2) is 4.52. The Balaban J connectivity index is 1.95. The normalized spacial score (nSPS) is 18.1. The Labute approximate surface area is 110 Å². The molecule has 0 N–H and O–H groups in total. The lowest BCUT2D eigenvalue weighted by Gasteiger charge is -2.32. The van der Waals surface area contributed by atoms with Gasteiger partial charge in [0.25, 0.3) is 0 Å². The number of halogens is 1. The molecule has 1 heterocycles. The molecule has 1 unspecified atom stereocenters. The Morgan fingerprint density at radius 3 is 2.61 bits per heavy atom. The zero-order valence-electron chi connectivity index (χ0n) is 9.54. The second-order valence-electron chi connectivity index (χ2n) is 4.17. The van der Waals surface area contributed by atoms with Crippen LogP contribution in [-0.2, 0) is 5.21 Å². The van der Waals surface area contributed by atoms with E-state index < -0.39 is 0 Å². The Bertz CT molecular complexity index is 556. The maximum Gasteiger partial charge on any atom is 0.145 e. The minimum Gasteiger partial charge on any atom is -0.489 e. The van der Waals surface area contributed by atoms with Crippen LogP contribution in [0, 0.1) is 0 Å². The van der Waals surface area contributed by atoms with Crippen LogP contribution < -0.4 is 9.80 Å². The van der Waals surface area contributed by atoms with Gasteiger partial charge in [0.1, 0.15) is 24.1 Å². The van der Waals surface area contributed by atoms with Crippen molar-refractivity contribution in [3.8, 4) is 5.75 Å². The molecule has 0 spiro atoms. The maximum absolute atomic E-state index is 12.3. The number of ether oxygens (including phenoxy) is 1. The van der Waals surface area contributed by atoms with Crippen molar-refractivity contribution in [1.29, 1.82) is 0 Å². The molecule has 0 aliphatic carbocycles. The smallest absolute Gasteiger partial charge is 0.145 e. The molecule has 0 aromatic heterocycles. The number of fused-ring (bicyclic) bond motifs is 1. The predicted octanol–water partition coefficient (Wildman–Crippen LogP) is 3.63. The third kappa shape index (κ3) is 1.92. The van der Waals surface area contributed by atoms with Crippen LogP contribution in [0.5, 0.6) is 5.75 Å². The van der Waals surface area contributed by atoms with Crippen molar-refractivity contribution in [3.63, 3.8) is 0 Å². The predicted molar refractivity (Wildman–Crippen MR) is 69.3 cm³/mol. The molecule has 1 atom stereocenters. The van der Waals surface area contributed by atoms with Gasteiger partial charge in [0.05, 0.1) is 0 Å². The van der Waals surface area contributed by atoms with Gasteiger partial charge >= 0.3 is 0 Å². The fourth-order valence-corrected chi connectivity index (χ4v) is 2.21. The first-order chi connectivity index (χ1) is 8.75. The molecule has 1 radical (unpaired) electrons. The molecule has 0 bridgehead atoms. The molecule has 3 nitrogen and oxygen atoms in total. The highest BCUT2D eigenvalue weighted by Gasteiger charge is 2.28. The van der Waals surface area contributed by atoms with E-state index >= 15 is 0 Å². The van der Waals surface area contributed by atoms with Gasteiger partial charge in [-0.1, -0.05) is 41.1 Å². The summed E-state index contributed by atoms with van der Waals surface area (Å²) in [6, 6.07) is 14.2. The molecule has 2 aromatic carbocycles. The van der Waals surface area contributed by atoms with Gasteiger partial charge in [0.2, 0.25) is 0 Å². The van der Waals surface area contributed by atoms with Gasteiger partial charge in [-0.2, -0.15) is 0 Å². The van der Waals surface area contributed by atoms with Crippen molar-refractivity contribution in [2.45, 2.75) is 6.04 Å². The third-order valence-electron chi connectivity index (χ3n) is 3.04. The summed E-state index contributed by atoms with van der Waals surface area (Å²) in [6.45, 7) is 0.349. The summed E-state index contributed by atoms with van der Waals surface area (Å²) in [5, 5.41) is 14.0. The number of hydrogen-bond acceptors (Lipinski definition) is 2. The van der Waals surface area contributed by atoms with Crippen LogP contribution in [0.15, 0.2) is 48.5 Å². The lowest BCUT2D eigenvalue weighted by molar-refractivity contribution is 0.0886. The first-order valence-electron chi connectivity index (χ1n) is 5.69. The fourth-order valence-electron chi connectivity index (χ4n) is 2.08. The average molecular weight is 261 g/mol. The minimum absolute atomic E-state index is 0.322. The summed E-state index contributed by atoms with van der Waals surface area (Å²) in [7, 11) is 0. The van der Waals surface area contributed by atoms with Crippen molar-refractivity contribution in [3.05, 3.63) is 59.1 Å². The van der Waals surface area contributed by atoms with Gasteiger partial charge in [-0.05, 0) is 29.8 Å². The van der Waals surface area contributed by atoms with E-state index in [1.165, 1.54) is 0 Å². The SMILES string of the molecule is [O]N1c2ccccc2OCC1c1ccc(Cl)cc1. The zero-order valence-corrected chi connectivity index (χ0v) is 10.3. The highest BCUT2D eigenvalue weighted by atomic mass is 35.5. The van der Waals surface area contributed by atoms with E-state index in [1.807, 2.05) is 24.3 Å². The van der Waals surface area contributed by atoms with Crippen LogP contribution in [0.3, 0.4) is 0 Å². The van der Waals surface area contributed by atoms with Crippen molar-refractivity contribution in [2.75, 3.05) is 11.7 Å². The summed E-state index contributed by atoms with van der Waals surface area (Å²) in [5.41, 5.74) is 1.48. The highest BCUT2D eigenvalue weighted by Crippen LogP contribution is 2.38. The average Bonchev–Trinajstić information content (AvgIpc) is 2.41. The molecule has 2 aromatic rings. The van der Waals surface area contributed by atoms with Crippen LogP contribution in [-0.4, -0.2) is 6.61 Å². The molecule has 4 heteroatoms. The maximum atomic E-state index is 12.3. The molecule has 1 aliphatic heterocycles. The Morgan fingerprint density at radius 2 is 1.83 bits per heavy atom. The van der Waals surface area contributed by atoms with E-state index in [2.05, 4.69) is 0 Å². The van der Waals surface area contributed by atoms with Crippen LogP contribution in [0.4, 0.5) is 5.69 Å². The van der Waals surface area contributed by atoms with E-state index in [-0.39, 0.29) is 6.04 Å². The molecule has 0 saturated carbocycles. The van der Waals surface area contributed by atoms with Crippen LogP contribution >= 0.6 is 11.6 Å². The van der Waals surface area contributed by atoms with Crippen molar-refractivity contribution < 1.29 is 9.94 Å². The highest BCUT2D eigenvalue weighted by molar-refractivity contribution is 6.30. The molecule has 1 aliphatic rings. The van der Waals surface area contributed by atoms with Crippen molar-refractivity contribution in [1.82, 2.24) is 0 Å². The van der Waals surface area contributed by atoms with E-state index in [0.29, 0.717) is 23.1 Å². The topological polar surface area (TPSA) is 32.4 Å². The van der Waals surface area contributed by atoms with Gasteiger partial charge < -0.3 is 4.74 Å². The van der Waals surface area contributed by atoms with Gasteiger partial charge in [-0.15, -0.1) is 0 Å². The summed E-state index contributed by atoms with van der Waals surface area (Å²) >= 11 is 5.85. The summed E-state index contributed by atoms with van der Waals surface area (Å²) in [4.78, 5) is 0. The van der Waals surface area contributed by atoms with Crippen LogP contribution in [0.2, 0.25) is 5.02 Å². The lowest BCUT2D eigenvalue weighted by atomic mass is 10.1. The van der Waals surface area contributed by atoms with Gasteiger partial charge in [0.15, 0.2) is 0 Å². The van der Waals surface area contributed by atoms with E-state index in [9.17, 15) is 5.21 Å². The molecule has 0 saturated heterocycles. The van der Waals surface area contributed by atoms with Crippen LogP contribution in [0.1, 0.15) is 11.6 Å². The van der Waals surface area contributed by atoms with Crippen LogP contribution in [0.25, 0.3) is 0 Å². The number of para-hydroxylation sites is 2. The summed E-state index contributed by atoms with van der Waals surface area (Å²) in [6.07, 6.45) is 0. The number of benzene rings is 2. The number of hydroxylamine groups is 1. The standard InChI is InChI=1S/C14H11ClNO2/c15-11-7-5-10(6-8-11)13-9-18-14-4-2-1-3-12(14)16(13)17/h1-8,13H,9H2. The molecular formula is C14H11ClNO2. The summed E-state index contributed by atoms with van der Waals surface area (Å²) < 4.78 is 5.62. The number of anilines is 1. The van der Waals surface area contributed by atoms with Gasteiger partial charge in [0, 0.05) is 5.02 Å². The number of nitrogens with zero attached hydrogens (tertiary/aromatic N) is 1. The molecule has 0 amide bonds. The fraction of sp³-hybridized carbons (Fsp3) is 0.143. The lowest BCUT2D eigenvalue weighted by Crippen LogP contribution is -2.32. The van der Waals surface area contributed by atoms with E-state index in [1.54, 1.807) is 24.3 Å². The second-order valence-corrected chi connectivity index (χ2v) is 4.61. The van der Waals surface area contributed by atoms with E-state index in [0.717, 1.165) is 10.6 Å². The van der Waals surface area contributed by atoms with Crippen molar-refractivity contribution in [2.24, 2.45) is 0 Å². The number of rotatable bonds is 1. The van der Waals surface area contributed by atoms with Gasteiger partial charge in [-0.25, -0.2) is 5.06 Å². The Morgan fingerprint density at radius 1 is 1.11 bits per heavy atom. The zero-order chi connectivity index (χ0) is 12.5. The molecule has 0 fully saturated rings. The largest absolute Gasteiger partial charge is 0.489 e. The summed E-state index contributed by atoms with van der Waals surface area (Å²) in [5.74, 6) is 0.637. The minimum atomic E-state index is -0.322. The molecule has 18 heavy (non-hydrogen) atoms.